The molecule has 5 heteroatoms. The standard InChI is InChI=1S/C10H9NO4/c1-5-3-6-8(7(4-5)14-2)9(12)15-10(13)11-6/h3-4H,1-2H3,(H,11,13). The minimum atomic E-state index is -0.764. The molecule has 0 atom stereocenters. The number of aromatic nitrogens is 1. The molecule has 1 heterocycles. The largest absolute Gasteiger partial charge is 0.496 e. The molecule has 0 spiro atoms. The quantitative estimate of drug-likeness (QED) is 0.750. The van der Waals surface area contributed by atoms with E-state index in [0.29, 0.717) is 11.3 Å². The molecule has 5 nitrogen and oxygen atoms in total. The molecule has 0 radical (unpaired) electrons. The second-order valence-corrected chi connectivity index (χ2v) is 3.19. The van der Waals surface area contributed by atoms with Gasteiger partial charge in [0, 0.05) is 0 Å². The van der Waals surface area contributed by atoms with Crippen LogP contribution >= 0.6 is 0 Å². The number of ether oxygens (including phenoxy) is 1. The zero-order valence-electron chi connectivity index (χ0n) is 8.29. The molecule has 0 bridgehead atoms. The molecule has 0 aliphatic carbocycles. The summed E-state index contributed by atoms with van der Waals surface area (Å²) in [5.74, 6) is -0.366. The molecule has 0 aliphatic heterocycles. The van der Waals surface area contributed by atoms with Crippen molar-refractivity contribution in [3.05, 3.63) is 38.7 Å². The van der Waals surface area contributed by atoms with E-state index in [0.717, 1.165) is 5.56 Å². The summed E-state index contributed by atoms with van der Waals surface area (Å²) in [6.45, 7) is 1.84. The summed E-state index contributed by atoms with van der Waals surface area (Å²) in [5, 5.41) is 0.253. The number of aromatic amines is 1. The van der Waals surface area contributed by atoms with Gasteiger partial charge in [-0.05, 0) is 24.6 Å². The summed E-state index contributed by atoms with van der Waals surface area (Å²) in [7, 11) is 1.46. The molecule has 2 rings (SSSR count). The maximum Gasteiger partial charge on any atom is 0.419 e. The lowest BCUT2D eigenvalue weighted by Gasteiger charge is -2.04. The Morgan fingerprint density at radius 1 is 1.33 bits per heavy atom. The van der Waals surface area contributed by atoms with Gasteiger partial charge in [-0.3, -0.25) is 4.98 Å². The maximum absolute atomic E-state index is 11.4. The van der Waals surface area contributed by atoms with Gasteiger partial charge in [-0.15, -0.1) is 0 Å². The Morgan fingerprint density at radius 2 is 2.07 bits per heavy atom. The second kappa shape index (κ2) is 3.27. The van der Waals surface area contributed by atoms with Gasteiger partial charge < -0.3 is 9.15 Å². The van der Waals surface area contributed by atoms with Gasteiger partial charge >= 0.3 is 11.4 Å². The van der Waals surface area contributed by atoms with E-state index in [-0.39, 0.29) is 5.39 Å². The van der Waals surface area contributed by atoms with E-state index in [1.165, 1.54) is 7.11 Å². The van der Waals surface area contributed by atoms with E-state index in [2.05, 4.69) is 9.40 Å². The number of nitrogens with one attached hydrogen (secondary N) is 1. The summed E-state index contributed by atoms with van der Waals surface area (Å²) in [4.78, 5) is 24.8. The van der Waals surface area contributed by atoms with Crippen LogP contribution in [0.15, 0.2) is 26.1 Å². The average Bonchev–Trinajstić information content (AvgIpc) is 2.14. The van der Waals surface area contributed by atoms with Crippen molar-refractivity contribution in [2.24, 2.45) is 0 Å². The Bertz CT molecular complexity index is 623. The van der Waals surface area contributed by atoms with E-state index in [1.807, 2.05) is 6.92 Å². The van der Waals surface area contributed by atoms with Crippen LogP contribution in [0, 0.1) is 6.92 Å². The molecule has 0 saturated heterocycles. The zero-order valence-corrected chi connectivity index (χ0v) is 8.29. The molecule has 0 fully saturated rings. The Balaban J connectivity index is 3.03. The third kappa shape index (κ3) is 1.52. The molecule has 1 aromatic heterocycles. The summed E-state index contributed by atoms with van der Waals surface area (Å²) in [6.07, 6.45) is 0. The average molecular weight is 207 g/mol. The van der Waals surface area contributed by atoms with Crippen LogP contribution in [-0.4, -0.2) is 12.1 Å². The molecule has 0 aliphatic rings. The number of methoxy groups -OCH3 is 1. The predicted octanol–water partition coefficient (Wildman–Crippen LogP) is 0.798. The molecule has 0 saturated carbocycles. The van der Waals surface area contributed by atoms with Gasteiger partial charge in [0.1, 0.15) is 11.1 Å². The third-order valence-electron chi connectivity index (χ3n) is 2.09. The lowest BCUT2D eigenvalue weighted by Crippen LogP contribution is -2.15. The first-order chi connectivity index (χ1) is 7.11. The Kier molecular flexibility index (Phi) is 2.07. The number of fused-ring (bicyclic) bond motifs is 1. The van der Waals surface area contributed by atoms with E-state index in [1.54, 1.807) is 12.1 Å². The van der Waals surface area contributed by atoms with Gasteiger partial charge in [-0.25, -0.2) is 9.59 Å². The van der Waals surface area contributed by atoms with Crippen LogP contribution in [0.4, 0.5) is 0 Å². The topological polar surface area (TPSA) is 72.3 Å². The SMILES string of the molecule is COc1cc(C)cc2[nH]c(=O)oc(=O)c12. The van der Waals surface area contributed by atoms with Gasteiger partial charge in [0.05, 0.1) is 12.6 Å². The Labute approximate surface area is 84.3 Å². The van der Waals surface area contributed by atoms with E-state index in [4.69, 9.17) is 4.74 Å². The van der Waals surface area contributed by atoms with Gasteiger partial charge in [-0.2, -0.15) is 0 Å². The van der Waals surface area contributed by atoms with Crippen LogP contribution in [0.25, 0.3) is 10.9 Å². The maximum atomic E-state index is 11.4. The molecule has 2 aromatic rings. The summed E-state index contributed by atoms with van der Waals surface area (Å²) in [6, 6.07) is 3.40. The van der Waals surface area contributed by atoms with Gasteiger partial charge in [0.2, 0.25) is 0 Å². The molecular weight excluding hydrogens is 198 g/mol. The second-order valence-electron chi connectivity index (χ2n) is 3.19. The summed E-state index contributed by atoms with van der Waals surface area (Å²) < 4.78 is 9.47. The minimum absolute atomic E-state index is 0.253. The fraction of sp³-hybridized carbons (Fsp3) is 0.200. The highest BCUT2D eigenvalue weighted by Crippen LogP contribution is 2.21. The molecule has 15 heavy (non-hydrogen) atoms. The fourth-order valence-electron chi connectivity index (χ4n) is 1.49. The molecular formula is C10H9NO4. The molecule has 0 amide bonds. The van der Waals surface area contributed by atoms with E-state index in [9.17, 15) is 9.59 Å². The normalized spacial score (nSPS) is 10.5. The van der Waals surface area contributed by atoms with Crippen LogP contribution < -0.4 is 16.1 Å². The molecule has 1 N–H and O–H groups in total. The number of rotatable bonds is 1. The first-order valence-electron chi connectivity index (χ1n) is 4.33. The monoisotopic (exact) mass is 207 g/mol. The summed E-state index contributed by atoms with van der Waals surface area (Å²) >= 11 is 0. The van der Waals surface area contributed by atoms with Crippen molar-refractivity contribution >= 4 is 10.9 Å². The smallest absolute Gasteiger partial charge is 0.419 e. The first-order valence-corrected chi connectivity index (χ1v) is 4.33. The highest BCUT2D eigenvalue weighted by Gasteiger charge is 2.09. The Morgan fingerprint density at radius 3 is 2.73 bits per heavy atom. The number of hydrogen-bond donors (Lipinski definition) is 1. The zero-order chi connectivity index (χ0) is 11.0. The highest BCUT2D eigenvalue weighted by atomic mass is 16.5. The Hall–Kier alpha value is -2.04. The van der Waals surface area contributed by atoms with Gasteiger partial charge in [-0.1, -0.05) is 0 Å². The van der Waals surface area contributed by atoms with Crippen LogP contribution in [0.1, 0.15) is 5.56 Å². The number of aryl methyl sites for hydroxylation is 1. The molecule has 0 unspecified atom stereocenters. The number of hydrogen-bond acceptors (Lipinski definition) is 4. The minimum Gasteiger partial charge on any atom is -0.496 e. The number of benzene rings is 1. The fourth-order valence-corrected chi connectivity index (χ4v) is 1.49. The van der Waals surface area contributed by atoms with Crippen LogP contribution in [0.5, 0.6) is 5.75 Å². The van der Waals surface area contributed by atoms with E-state index >= 15 is 0 Å². The van der Waals surface area contributed by atoms with Crippen LogP contribution in [0.3, 0.4) is 0 Å². The van der Waals surface area contributed by atoms with Crippen molar-refractivity contribution in [3.63, 3.8) is 0 Å². The van der Waals surface area contributed by atoms with Gasteiger partial charge in [0.25, 0.3) is 0 Å². The highest BCUT2D eigenvalue weighted by molar-refractivity contribution is 5.84. The van der Waals surface area contributed by atoms with Crippen molar-refractivity contribution in [2.45, 2.75) is 6.92 Å². The van der Waals surface area contributed by atoms with Crippen molar-refractivity contribution < 1.29 is 9.15 Å². The van der Waals surface area contributed by atoms with E-state index < -0.39 is 11.4 Å². The van der Waals surface area contributed by atoms with Crippen LogP contribution in [0.2, 0.25) is 0 Å². The predicted molar refractivity (Wildman–Crippen MR) is 54.4 cm³/mol. The van der Waals surface area contributed by atoms with Crippen molar-refractivity contribution in [2.75, 3.05) is 7.11 Å². The van der Waals surface area contributed by atoms with Crippen molar-refractivity contribution in [1.29, 1.82) is 0 Å². The lowest BCUT2D eigenvalue weighted by molar-refractivity contribution is 0.413. The lowest BCUT2D eigenvalue weighted by atomic mass is 10.1. The van der Waals surface area contributed by atoms with Crippen LogP contribution in [-0.2, 0) is 0 Å². The molecule has 78 valence electrons. The summed E-state index contributed by atoms with van der Waals surface area (Å²) in [5.41, 5.74) is 0.624. The first kappa shape index (κ1) is 9.51. The third-order valence-corrected chi connectivity index (χ3v) is 2.09. The van der Waals surface area contributed by atoms with Gasteiger partial charge in [0.15, 0.2) is 0 Å². The number of H-pyrrole nitrogens is 1. The van der Waals surface area contributed by atoms with Crippen molar-refractivity contribution in [1.82, 2.24) is 4.98 Å². The molecule has 1 aromatic carbocycles. The van der Waals surface area contributed by atoms with Crippen molar-refractivity contribution in [3.8, 4) is 5.75 Å².